The van der Waals surface area contributed by atoms with Gasteiger partial charge in [0.1, 0.15) is 0 Å². The summed E-state index contributed by atoms with van der Waals surface area (Å²) in [5.41, 5.74) is 0. The van der Waals surface area contributed by atoms with Crippen LogP contribution in [0.4, 0.5) is 0 Å². The molecule has 0 aromatic rings. The molecule has 15 rings (SSSR count). The monoisotopic (exact) mass is 1260 g/mol. The fraction of sp³-hybridized carbons (Fsp3) is 1.00. The Morgan fingerprint density at radius 2 is 0.337 bits per heavy atom. The summed E-state index contributed by atoms with van der Waals surface area (Å²) in [6.07, 6.45) is 96.7. The summed E-state index contributed by atoms with van der Waals surface area (Å²) in [6.45, 7) is 5.27. The van der Waals surface area contributed by atoms with E-state index in [1.54, 1.807) is 372 Å². The highest BCUT2D eigenvalue weighted by molar-refractivity contribution is 5.04. The lowest BCUT2D eigenvalue weighted by Gasteiger charge is -2.57. The molecule has 15 saturated carbocycles. The molecule has 0 spiro atoms. The Balaban J connectivity index is 0.706. The molecule has 0 heteroatoms. The average Bonchev–Trinajstić information content (AvgIpc) is 0.788. The predicted octanol–water partition coefficient (Wildman–Crippen LogP) is 28.1. The van der Waals surface area contributed by atoms with Crippen molar-refractivity contribution in [2.75, 3.05) is 0 Å². The van der Waals surface area contributed by atoms with Crippen LogP contribution in [0.5, 0.6) is 0 Å². The Hall–Kier alpha value is 0. The van der Waals surface area contributed by atoms with Gasteiger partial charge in [0.05, 0.1) is 0 Å². The van der Waals surface area contributed by atoms with E-state index in [9.17, 15) is 0 Å². The molecule has 0 radical (unpaired) electrons. The topological polar surface area (TPSA) is 0 Å². The Morgan fingerprint density at radius 3 is 0.707 bits per heavy atom. The standard InChI is InChI=1S/C92H156/c1-63-39-41-70(42-40-63)79-49-77(66-26-11-4-12-27-66)52-84(54-79)87-56-81(68-30-15-6-16-31-68)59-89(60-87)91-62-88(69-32-17-7-18-33-69)61-90(92(91)73-34-19-8-20-35-73)72-45-43-71(44-46-72)80-51-83(76-38-22-37-75(48-76)65-24-9-3-10-25-65)58-86(55-80)85-53-78(67-28-13-5-14-29-67)50-82(57-85)74-36-21-23-64(2)47-74/h63-92H,3-62H2,1-2H3. The summed E-state index contributed by atoms with van der Waals surface area (Å²) in [6, 6.07) is 0. The number of hydrogen-bond donors (Lipinski definition) is 0. The average molecular weight is 1260 g/mol. The van der Waals surface area contributed by atoms with Crippen LogP contribution in [-0.2, 0) is 0 Å². The van der Waals surface area contributed by atoms with Crippen molar-refractivity contribution in [3.8, 4) is 0 Å². The predicted molar refractivity (Wildman–Crippen MR) is 393 cm³/mol. The fourth-order valence-electron chi connectivity index (χ4n) is 31.3. The maximum Gasteiger partial charge on any atom is -0.0324 e. The van der Waals surface area contributed by atoms with E-state index in [1.807, 2.05) is 0 Å². The van der Waals surface area contributed by atoms with Gasteiger partial charge in [0.2, 0.25) is 0 Å². The smallest absolute Gasteiger partial charge is 0.0324 e. The minimum Gasteiger partial charge on any atom is -0.0625 e. The Morgan fingerprint density at radius 1 is 0.120 bits per heavy atom. The summed E-state index contributed by atoms with van der Waals surface area (Å²) in [7, 11) is 0. The summed E-state index contributed by atoms with van der Waals surface area (Å²) in [5, 5.41) is 0. The van der Waals surface area contributed by atoms with Crippen LogP contribution in [0, 0.1) is 178 Å². The first-order valence-corrected chi connectivity index (χ1v) is 45.3. The summed E-state index contributed by atoms with van der Waals surface area (Å²) in [5.74, 6) is 32.1. The van der Waals surface area contributed by atoms with Crippen LogP contribution in [0.3, 0.4) is 0 Å². The van der Waals surface area contributed by atoms with Crippen LogP contribution >= 0.6 is 0 Å². The second kappa shape index (κ2) is 32.8. The van der Waals surface area contributed by atoms with Gasteiger partial charge in [-0.2, -0.15) is 0 Å². The van der Waals surface area contributed by atoms with Crippen LogP contribution in [0.25, 0.3) is 0 Å². The van der Waals surface area contributed by atoms with E-state index in [-0.39, 0.29) is 0 Å². The largest absolute Gasteiger partial charge is 0.0625 e. The van der Waals surface area contributed by atoms with Gasteiger partial charge in [-0.1, -0.05) is 258 Å². The molecule has 0 nitrogen and oxygen atoms in total. The lowest BCUT2D eigenvalue weighted by Crippen LogP contribution is -2.48. The molecule has 0 aromatic carbocycles. The Kier molecular flexibility index (Phi) is 24.1. The third kappa shape index (κ3) is 16.5. The molecule has 15 aliphatic carbocycles. The van der Waals surface area contributed by atoms with Gasteiger partial charge in [0.25, 0.3) is 0 Å². The van der Waals surface area contributed by atoms with Crippen LogP contribution in [0.15, 0.2) is 0 Å². The maximum absolute atomic E-state index is 2.66. The van der Waals surface area contributed by atoms with E-state index >= 15 is 0 Å². The van der Waals surface area contributed by atoms with Crippen LogP contribution in [0.2, 0.25) is 0 Å². The minimum atomic E-state index is 0.992. The molecule has 524 valence electrons. The maximum atomic E-state index is 2.66. The number of rotatable bonds is 14. The normalized spacial score (nSPS) is 47.4. The lowest BCUT2D eigenvalue weighted by molar-refractivity contribution is -0.0717. The van der Waals surface area contributed by atoms with Crippen LogP contribution < -0.4 is 0 Å². The van der Waals surface area contributed by atoms with Crippen molar-refractivity contribution in [2.24, 2.45) is 178 Å². The zero-order valence-electron chi connectivity index (χ0n) is 61.7. The van der Waals surface area contributed by atoms with E-state index in [0.717, 1.165) is 178 Å². The molecule has 20 atom stereocenters. The highest BCUT2D eigenvalue weighted by Crippen LogP contribution is 2.63. The van der Waals surface area contributed by atoms with Gasteiger partial charge in [0, 0.05) is 0 Å². The molecular formula is C92H156. The first-order valence-electron chi connectivity index (χ1n) is 45.3. The molecule has 0 heterocycles. The van der Waals surface area contributed by atoms with Crippen molar-refractivity contribution in [1.82, 2.24) is 0 Å². The quantitative estimate of drug-likeness (QED) is 0.163. The summed E-state index contributed by atoms with van der Waals surface area (Å²) >= 11 is 0. The molecule has 0 N–H and O–H groups in total. The second-order valence-electron chi connectivity index (χ2n) is 40.9. The van der Waals surface area contributed by atoms with E-state index in [4.69, 9.17) is 0 Å². The van der Waals surface area contributed by atoms with E-state index < -0.39 is 0 Å². The molecule has 15 fully saturated rings. The van der Waals surface area contributed by atoms with Crippen molar-refractivity contribution >= 4 is 0 Å². The zero-order valence-corrected chi connectivity index (χ0v) is 61.7. The molecule has 20 unspecified atom stereocenters. The van der Waals surface area contributed by atoms with Gasteiger partial charge >= 0.3 is 0 Å². The van der Waals surface area contributed by atoms with Gasteiger partial charge in [-0.05, 0) is 319 Å². The van der Waals surface area contributed by atoms with Gasteiger partial charge in [-0.15, -0.1) is 0 Å². The second-order valence-corrected chi connectivity index (χ2v) is 40.9. The first-order chi connectivity index (χ1) is 45.3. The van der Waals surface area contributed by atoms with E-state index in [2.05, 4.69) is 13.8 Å². The fourth-order valence-corrected chi connectivity index (χ4v) is 31.3. The van der Waals surface area contributed by atoms with Crippen molar-refractivity contribution in [3.63, 3.8) is 0 Å². The first kappa shape index (κ1) is 67.8. The van der Waals surface area contributed by atoms with Crippen LogP contribution in [0.1, 0.15) is 399 Å². The molecule has 0 amide bonds. The third-order valence-corrected chi connectivity index (χ3v) is 36.0. The minimum absolute atomic E-state index is 0.992. The van der Waals surface area contributed by atoms with E-state index in [1.165, 1.54) is 12.8 Å². The van der Waals surface area contributed by atoms with Crippen molar-refractivity contribution < 1.29 is 0 Å². The highest BCUT2D eigenvalue weighted by atomic mass is 14.6. The zero-order chi connectivity index (χ0) is 61.7. The Bertz CT molecular complexity index is 2120. The highest BCUT2D eigenvalue weighted by Gasteiger charge is 2.54. The van der Waals surface area contributed by atoms with Crippen molar-refractivity contribution in [1.29, 1.82) is 0 Å². The molecule has 0 aliphatic heterocycles. The SMILES string of the molecule is CC1CCC(C2CC(C3CCCCC3)CC(C3CC(C4CCCCC4)CC(C4CC(C5CCCCC5)CC(C5CCC(C6CC(C7CCCC(C8CCCCC8)C7)CC(C7CC(C8CCCCC8)CC(C8CCCC(C)C8)C7)C6)CC5)C4C4CCCCC4)C3)C2)CC1. The molecular weight excluding hydrogens is 1110 g/mol. The van der Waals surface area contributed by atoms with Gasteiger partial charge < -0.3 is 0 Å². The van der Waals surface area contributed by atoms with Crippen molar-refractivity contribution in [2.45, 2.75) is 399 Å². The molecule has 0 bridgehead atoms. The van der Waals surface area contributed by atoms with Gasteiger partial charge in [0.15, 0.2) is 0 Å². The van der Waals surface area contributed by atoms with Gasteiger partial charge in [-0.25, -0.2) is 0 Å². The van der Waals surface area contributed by atoms with Gasteiger partial charge in [-0.3, -0.25) is 0 Å². The molecule has 15 aliphatic rings. The third-order valence-electron chi connectivity index (χ3n) is 36.0. The Labute approximate surface area is 573 Å². The van der Waals surface area contributed by atoms with Crippen LogP contribution in [-0.4, -0.2) is 0 Å². The summed E-state index contributed by atoms with van der Waals surface area (Å²) < 4.78 is 0. The molecule has 92 heavy (non-hydrogen) atoms. The lowest BCUT2D eigenvalue weighted by atomic mass is 9.48. The molecule has 0 aromatic heterocycles. The van der Waals surface area contributed by atoms with E-state index in [0.29, 0.717) is 0 Å². The molecule has 0 saturated heterocycles. The number of hydrogen-bond acceptors (Lipinski definition) is 0. The van der Waals surface area contributed by atoms with Crippen molar-refractivity contribution in [3.05, 3.63) is 0 Å². The summed E-state index contributed by atoms with van der Waals surface area (Å²) in [4.78, 5) is 0.